The lowest BCUT2D eigenvalue weighted by molar-refractivity contribution is -0.124. The largest absolute Gasteiger partial charge is 0.388 e. The van der Waals surface area contributed by atoms with Gasteiger partial charge in [-0.2, -0.15) is 0 Å². The van der Waals surface area contributed by atoms with Crippen LogP contribution in [-0.4, -0.2) is 16.2 Å². The van der Waals surface area contributed by atoms with E-state index in [1.165, 1.54) is 6.42 Å². The summed E-state index contributed by atoms with van der Waals surface area (Å²) in [6.07, 6.45) is 7.29. The van der Waals surface area contributed by atoms with E-state index >= 15 is 0 Å². The first kappa shape index (κ1) is 12.4. The van der Waals surface area contributed by atoms with E-state index in [0.29, 0.717) is 5.41 Å². The first-order valence-corrected chi connectivity index (χ1v) is 6.78. The molecule has 2 saturated carbocycles. The van der Waals surface area contributed by atoms with E-state index in [9.17, 15) is 5.11 Å². The van der Waals surface area contributed by atoms with Crippen molar-refractivity contribution in [2.75, 3.05) is 0 Å². The van der Waals surface area contributed by atoms with Crippen molar-refractivity contribution in [1.29, 1.82) is 0 Å². The second-order valence-corrected chi connectivity index (χ2v) is 7.24. The lowest BCUT2D eigenvalue weighted by atomic mass is 9.52. The molecule has 3 N–H and O–H groups in total. The molecule has 0 heterocycles. The lowest BCUT2D eigenvalue weighted by Gasteiger charge is -2.58. The Morgan fingerprint density at radius 1 is 1.12 bits per heavy atom. The van der Waals surface area contributed by atoms with Crippen molar-refractivity contribution < 1.29 is 5.11 Å². The van der Waals surface area contributed by atoms with Crippen molar-refractivity contribution in [2.24, 2.45) is 17.1 Å². The molecule has 2 aliphatic carbocycles. The van der Waals surface area contributed by atoms with Gasteiger partial charge in [-0.15, -0.1) is 0 Å². The zero-order chi connectivity index (χ0) is 12.0. The number of hydrogen-bond donors (Lipinski definition) is 2. The van der Waals surface area contributed by atoms with E-state index in [2.05, 4.69) is 20.8 Å². The van der Waals surface area contributed by atoms with Gasteiger partial charge in [0.2, 0.25) is 0 Å². The molecule has 2 unspecified atom stereocenters. The van der Waals surface area contributed by atoms with Crippen molar-refractivity contribution in [3.63, 3.8) is 0 Å². The minimum Gasteiger partial charge on any atom is -0.388 e. The molecule has 0 aromatic heterocycles. The smallest absolute Gasteiger partial charge is 0.0826 e. The first-order chi connectivity index (χ1) is 7.27. The predicted molar refractivity (Wildman–Crippen MR) is 67.1 cm³/mol. The summed E-state index contributed by atoms with van der Waals surface area (Å²) in [6, 6.07) is 0. The third-order valence-corrected chi connectivity index (χ3v) is 4.85. The van der Waals surface area contributed by atoms with Crippen molar-refractivity contribution in [1.82, 2.24) is 0 Å². The summed E-state index contributed by atoms with van der Waals surface area (Å²) in [5.41, 5.74) is 5.89. The van der Waals surface area contributed by atoms with E-state index in [0.717, 1.165) is 44.4 Å². The van der Waals surface area contributed by atoms with Crippen molar-refractivity contribution >= 4 is 0 Å². The van der Waals surface area contributed by atoms with Crippen molar-refractivity contribution in [2.45, 2.75) is 76.9 Å². The quantitative estimate of drug-likeness (QED) is 0.674. The molecule has 94 valence electrons. The van der Waals surface area contributed by atoms with E-state index in [-0.39, 0.29) is 5.54 Å². The summed E-state index contributed by atoms with van der Waals surface area (Å²) < 4.78 is 0. The third-order valence-electron chi connectivity index (χ3n) is 4.85. The van der Waals surface area contributed by atoms with Crippen molar-refractivity contribution in [3.05, 3.63) is 0 Å². The minimum atomic E-state index is -0.590. The first-order valence-electron chi connectivity index (χ1n) is 6.78. The Bertz CT molecular complexity index is 266. The van der Waals surface area contributed by atoms with Crippen LogP contribution in [0.3, 0.4) is 0 Å². The van der Waals surface area contributed by atoms with Gasteiger partial charge < -0.3 is 10.8 Å². The molecule has 0 aromatic rings. The molecule has 2 aliphatic rings. The maximum Gasteiger partial charge on any atom is 0.0826 e. The highest BCUT2D eigenvalue weighted by Gasteiger charge is 2.58. The highest BCUT2D eigenvalue weighted by molar-refractivity contribution is 5.14. The Labute approximate surface area is 99.6 Å². The average molecular weight is 225 g/mol. The lowest BCUT2D eigenvalue weighted by Crippen LogP contribution is -2.69. The Morgan fingerprint density at radius 2 is 1.75 bits per heavy atom. The fourth-order valence-electron chi connectivity index (χ4n) is 3.98. The SMILES string of the molecule is CC1CCCC(O)(C2(N)CC(C)(C)C2)CC1. The monoisotopic (exact) mass is 225 g/mol. The minimum absolute atomic E-state index is 0.305. The van der Waals surface area contributed by atoms with Gasteiger partial charge >= 0.3 is 0 Å². The summed E-state index contributed by atoms with van der Waals surface area (Å²) in [4.78, 5) is 0. The van der Waals surface area contributed by atoms with Crippen LogP contribution in [0.5, 0.6) is 0 Å². The Morgan fingerprint density at radius 3 is 2.31 bits per heavy atom. The van der Waals surface area contributed by atoms with Gasteiger partial charge in [-0.3, -0.25) is 0 Å². The summed E-state index contributed by atoms with van der Waals surface area (Å²) >= 11 is 0. The van der Waals surface area contributed by atoms with Crippen LogP contribution >= 0.6 is 0 Å². The molecule has 0 spiro atoms. The second-order valence-electron chi connectivity index (χ2n) is 7.24. The Kier molecular flexibility index (Phi) is 2.87. The molecular formula is C14H27NO. The van der Waals surface area contributed by atoms with E-state index in [4.69, 9.17) is 5.73 Å². The standard InChI is InChI=1S/C14H27NO/c1-11-5-4-7-14(16,8-6-11)13(15)9-12(2,3)10-13/h11,16H,4-10,15H2,1-3H3. The van der Waals surface area contributed by atoms with Crippen LogP contribution in [-0.2, 0) is 0 Å². The summed E-state index contributed by atoms with van der Waals surface area (Å²) in [5, 5.41) is 10.9. The van der Waals surface area contributed by atoms with E-state index in [1.54, 1.807) is 0 Å². The zero-order valence-electron chi connectivity index (χ0n) is 11.1. The third kappa shape index (κ3) is 2.02. The number of hydrogen-bond acceptors (Lipinski definition) is 2. The van der Waals surface area contributed by atoms with Crippen LogP contribution < -0.4 is 5.73 Å². The molecule has 0 saturated heterocycles. The van der Waals surface area contributed by atoms with Crippen molar-refractivity contribution in [3.8, 4) is 0 Å². The second kappa shape index (κ2) is 3.71. The maximum absolute atomic E-state index is 10.9. The molecule has 0 aromatic carbocycles. The molecule has 2 nitrogen and oxygen atoms in total. The van der Waals surface area contributed by atoms with Crippen LogP contribution in [0.4, 0.5) is 0 Å². The van der Waals surface area contributed by atoms with E-state index < -0.39 is 5.60 Å². The van der Waals surface area contributed by atoms with Crippen LogP contribution in [0.2, 0.25) is 0 Å². The van der Waals surface area contributed by atoms with Crippen LogP contribution in [0.25, 0.3) is 0 Å². The number of aliphatic hydroxyl groups is 1. The van der Waals surface area contributed by atoms with Gasteiger partial charge in [0, 0.05) is 5.54 Å². The van der Waals surface area contributed by atoms with Gasteiger partial charge in [0.1, 0.15) is 0 Å². The van der Waals surface area contributed by atoms with Gasteiger partial charge in [-0.05, 0) is 43.4 Å². The molecule has 0 amide bonds. The fourth-order valence-corrected chi connectivity index (χ4v) is 3.98. The van der Waals surface area contributed by atoms with Crippen LogP contribution in [0, 0.1) is 11.3 Å². The molecular weight excluding hydrogens is 198 g/mol. The molecule has 2 heteroatoms. The van der Waals surface area contributed by atoms with Gasteiger partial charge in [-0.1, -0.05) is 33.6 Å². The Balaban J connectivity index is 2.07. The average Bonchev–Trinajstić information content (AvgIpc) is 2.26. The molecule has 2 fully saturated rings. The topological polar surface area (TPSA) is 46.2 Å². The van der Waals surface area contributed by atoms with Gasteiger partial charge in [0.05, 0.1) is 5.60 Å². The summed E-state index contributed by atoms with van der Waals surface area (Å²) in [5.74, 6) is 0.755. The highest BCUT2D eigenvalue weighted by Crippen LogP contribution is 2.54. The number of nitrogens with two attached hydrogens (primary N) is 1. The molecule has 2 rings (SSSR count). The highest BCUT2D eigenvalue weighted by atomic mass is 16.3. The van der Waals surface area contributed by atoms with Gasteiger partial charge in [0.15, 0.2) is 0 Å². The molecule has 0 radical (unpaired) electrons. The molecule has 16 heavy (non-hydrogen) atoms. The molecule has 0 aliphatic heterocycles. The summed E-state index contributed by atoms with van der Waals surface area (Å²) in [6.45, 7) is 6.79. The fraction of sp³-hybridized carbons (Fsp3) is 1.00. The van der Waals surface area contributed by atoms with Crippen LogP contribution in [0.1, 0.15) is 65.7 Å². The van der Waals surface area contributed by atoms with Gasteiger partial charge in [-0.25, -0.2) is 0 Å². The zero-order valence-corrected chi connectivity index (χ0v) is 11.1. The predicted octanol–water partition coefficient (Wildman–Crippen LogP) is 2.84. The number of rotatable bonds is 1. The maximum atomic E-state index is 10.9. The van der Waals surface area contributed by atoms with Gasteiger partial charge in [0.25, 0.3) is 0 Å². The molecule has 0 bridgehead atoms. The van der Waals surface area contributed by atoms with Crippen LogP contribution in [0.15, 0.2) is 0 Å². The van der Waals surface area contributed by atoms with E-state index in [1.807, 2.05) is 0 Å². The molecule has 2 atom stereocenters. The Hall–Kier alpha value is -0.0800. The normalized spacial score (nSPS) is 42.2. The summed E-state index contributed by atoms with van der Waals surface area (Å²) in [7, 11) is 0.